The molecule has 1 heterocycles. The summed E-state index contributed by atoms with van der Waals surface area (Å²) >= 11 is 0. The molecule has 1 aromatic heterocycles. The molecule has 0 aromatic carbocycles. The van der Waals surface area contributed by atoms with Gasteiger partial charge in [0, 0.05) is 20.6 Å². The molecule has 0 saturated carbocycles. The van der Waals surface area contributed by atoms with Crippen LogP contribution in [0.2, 0.25) is 0 Å². The highest BCUT2D eigenvalue weighted by atomic mass is 16.3. The van der Waals surface area contributed by atoms with E-state index in [1.807, 2.05) is 39.8 Å². The summed E-state index contributed by atoms with van der Waals surface area (Å²) in [4.78, 5) is 14.7. The molecule has 0 fully saturated rings. The summed E-state index contributed by atoms with van der Waals surface area (Å²) < 4.78 is 0. The van der Waals surface area contributed by atoms with Crippen LogP contribution in [-0.2, 0) is 0 Å². The van der Waals surface area contributed by atoms with Crippen LogP contribution in [0.5, 0.6) is 0 Å². The van der Waals surface area contributed by atoms with Crippen molar-refractivity contribution < 1.29 is 5.11 Å². The van der Waals surface area contributed by atoms with E-state index in [9.17, 15) is 5.11 Å². The average Bonchev–Trinajstić information content (AvgIpc) is 2.28. The minimum absolute atomic E-state index is 0.445. The standard InChI is InChI=1S/C12H24N6O/c1-7-13-9-14-10(16-11(15-9)18(5)6)17-12(3,4)8(2)19/h8,19H,7H2,1-6H3,(H2,13,14,15,16,17). The molecule has 0 amide bonds. The van der Waals surface area contributed by atoms with E-state index >= 15 is 0 Å². The summed E-state index contributed by atoms with van der Waals surface area (Å²) in [5, 5.41) is 15.9. The van der Waals surface area contributed by atoms with E-state index < -0.39 is 11.6 Å². The lowest BCUT2D eigenvalue weighted by Gasteiger charge is -2.29. The Balaban J connectivity index is 3.06. The Hall–Kier alpha value is -1.63. The van der Waals surface area contributed by atoms with Crippen molar-refractivity contribution in [2.45, 2.75) is 39.3 Å². The summed E-state index contributed by atoms with van der Waals surface area (Å²) in [6.07, 6.45) is -0.533. The summed E-state index contributed by atoms with van der Waals surface area (Å²) in [7, 11) is 3.74. The molecular formula is C12H24N6O. The summed E-state index contributed by atoms with van der Waals surface area (Å²) in [6.45, 7) is 8.22. The van der Waals surface area contributed by atoms with Gasteiger partial charge >= 0.3 is 0 Å². The zero-order valence-corrected chi connectivity index (χ0v) is 12.5. The van der Waals surface area contributed by atoms with Crippen LogP contribution in [-0.4, -0.2) is 52.3 Å². The Bertz CT molecular complexity index is 419. The van der Waals surface area contributed by atoms with E-state index in [0.29, 0.717) is 17.8 Å². The lowest BCUT2D eigenvalue weighted by atomic mass is 9.99. The molecule has 7 nitrogen and oxygen atoms in total. The van der Waals surface area contributed by atoms with Crippen molar-refractivity contribution in [3.63, 3.8) is 0 Å². The number of nitrogens with zero attached hydrogens (tertiary/aromatic N) is 4. The number of anilines is 3. The first-order valence-electron chi connectivity index (χ1n) is 6.39. The second-order valence-corrected chi connectivity index (χ2v) is 5.23. The highest BCUT2D eigenvalue weighted by molar-refractivity contribution is 5.44. The number of aliphatic hydroxyl groups is 1. The maximum Gasteiger partial charge on any atom is 0.231 e. The number of aromatic nitrogens is 3. The molecule has 0 aliphatic rings. The lowest BCUT2D eigenvalue weighted by Crippen LogP contribution is -2.42. The van der Waals surface area contributed by atoms with Crippen LogP contribution in [0, 0.1) is 0 Å². The maximum absolute atomic E-state index is 9.73. The fraction of sp³-hybridized carbons (Fsp3) is 0.750. The lowest BCUT2D eigenvalue weighted by molar-refractivity contribution is 0.132. The number of hydrogen-bond donors (Lipinski definition) is 3. The minimum Gasteiger partial charge on any atom is -0.391 e. The Kier molecular flexibility index (Phi) is 4.88. The van der Waals surface area contributed by atoms with Crippen molar-refractivity contribution in [3.05, 3.63) is 0 Å². The van der Waals surface area contributed by atoms with Crippen molar-refractivity contribution in [3.8, 4) is 0 Å². The van der Waals surface area contributed by atoms with E-state index in [1.165, 1.54) is 0 Å². The van der Waals surface area contributed by atoms with Gasteiger partial charge in [0.1, 0.15) is 0 Å². The van der Waals surface area contributed by atoms with Crippen molar-refractivity contribution >= 4 is 17.8 Å². The van der Waals surface area contributed by atoms with Gasteiger partial charge in [0.25, 0.3) is 0 Å². The van der Waals surface area contributed by atoms with Crippen LogP contribution < -0.4 is 15.5 Å². The zero-order chi connectivity index (χ0) is 14.6. The summed E-state index contributed by atoms with van der Waals surface area (Å²) in [6, 6.07) is 0. The van der Waals surface area contributed by atoms with Crippen molar-refractivity contribution in [1.82, 2.24) is 15.0 Å². The smallest absolute Gasteiger partial charge is 0.231 e. The van der Waals surface area contributed by atoms with Gasteiger partial charge in [0.15, 0.2) is 0 Å². The molecular weight excluding hydrogens is 244 g/mol. The third kappa shape index (κ3) is 4.20. The van der Waals surface area contributed by atoms with Gasteiger partial charge < -0.3 is 20.6 Å². The fourth-order valence-electron chi connectivity index (χ4n) is 1.25. The fourth-order valence-corrected chi connectivity index (χ4v) is 1.25. The predicted octanol–water partition coefficient (Wildman–Crippen LogP) is 0.941. The normalized spacial score (nSPS) is 13.0. The molecule has 0 aliphatic carbocycles. The predicted molar refractivity (Wildman–Crippen MR) is 77.7 cm³/mol. The van der Waals surface area contributed by atoms with Crippen LogP contribution in [0.25, 0.3) is 0 Å². The molecule has 0 radical (unpaired) electrons. The highest BCUT2D eigenvalue weighted by Gasteiger charge is 2.25. The molecule has 108 valence electrons. The second kappa shape index (κ2) is 6.01. The van der Waals surface area contributed by atoms with E-state index in [0.717, 1.165) is 6.54 Å². The van der Waals surface area contributed by atoms with Gasteiger partial charge in [-0.15, -0.1) is 0 Å². The number of nitrogens with one attached hydrogen (secondary N) is 2. The average molecular weight is 268 g/mol. The Labute approximate surface area is 114 Å². The first-order chi connectivity index (χ1) is 8.76. The van der Waals surface area contributed by atoms with Crippen molar-refractivity contribution in [2.24, 2.45) is 0 Å². The molecule has 0 saturated heterocycles. The molecule has 1 aromatic rings. The monoisotopic (exact) mass is 268 g/mol. The van der Waals surface area contributed by atoms with Gasteiger partial charge in [-0.2, -0.15) is 15.0 Å². The first-order valence-corrected chi connectivity index (χ1v) is 6.39. The van der Waals surface area contributed by atoms with Crippen LogP contribution in [0.15, 0.2) is 0 Å². The van der Waals surface area contributed by atoms with Crippen LogP contribution in [0.1, 0.15) is 27.7 Å². The summed E-state index contributed by atoms with van der Waals surface area (Å²) in [5.74, 6) is 1.53. The van der Waals surface area contributed by atoms with E-state index in [2.05, 4.69) is 25.6 Å². The topological polar surface area (TPSA) is 86.2 Å². The SMILES string of the molecule is CCNc1nc(NC(C)(C)C(C)O)nc(N(C)C)n1. The molecule has 1 unspecified atom stereocenters. The van der Waals surface area contributed by atoms with Crippen LogP contribution >= 0.6 is 0 Å². The first kappa shape index (κ1) is 15.4. The van der Waals surface area contributed by atoms with Crippen molar-refractivity contribution in [2.75, 3.05) is 36.2 Å². The third-order valence-electron chi connectivity index (χ3n) is 2.84. The van der Waals surface area contributed by atoms with Gasteiger partial charge in [-0.3, -0.25) is 0 Å². The molecule has 3 N–H and O–H groups in total. The molecule has 7 heteroatoms. The Morgan fingerprint density at radius 3 is 2.26 bits per heavy atom. The molecule has 0 aliphatic heterocycles. The molecule has 0 spiro atoms. The molecule has 1 rings (SSSR count). The van der Waals surface area contributed by atoms with E-state index in [4.69, 9.17) is 0 Å². The molecule has 0 bridgehead atoms. The van der Waals surface area contributed by atoms with Gasteiger partial charge in [-0.05, 0) is 27.7 Å². The molecule has 19 heavy (non-hydrogen) atoms. The van der Waals surface area contributed by atoms with E-state index in [-0.39, 0.29) is 0 Å². The number of aliphatic hydroxyl groups excluding tert-OH is 1. The van der Waals surface area contributed by atoms with Gasteiger partial charge in [-0.25, -0.2) is 0 Å². The van der Waals surface area contributed by atoms with Gasteiger partial charge in [0.2, 0.25) is 17.8 Å². The van der Waals surface area contributed by atoms with Crippen LogP contribution in [0.4, 0.5) is 17.8 Å². The second-order valence-electron chi connectivity index (χ2n) is 5.23. The molecule has 1 atom stereocenters. The Morgan fingerprint density at radius 2 is 1.79 bits per heavy atom. The highest BCUT2D eigenvalue weighted by Crippen LogP contribution is 2.18. The van der Waals surface area contributed by atoms with Crippen LogP contribution in [0.3, 0.4) is 0 Å². The zero-order valence-electron chi connectivity index (χ0n) is 12.5. The third-order valence-corrected chi connectivity index (χ3v) is 2.84. The number of hydrogen-bond acceptors (Lipinski definition) is 7. The maximum atomic E-state index is 9.73. The quantitative estimate of drug-likeness (QED) is 0.708. The minimum atomic E-state index is -0.533. The Morgan fingerprint density at radius 1 is 1.21 bits per heavy atom. The van der Waals surface area contributed by atoms with E-state index in [1.54, 1.807) is 6.92 Å². The largest absolute Gasteiger partial charge is 0.391 e. The van der Waals surface area contributed by atoms with Gasteiger partial charge in [0.05, 0.1) is 11.6 Å². The van der Waals surface area contributed by atoms with Crippen molar-refractivity contribution in [1.29, 1.82) is 0 Å². The van der Waals surface area contributed by atoms with Gasteiger partial charge in [-0.1, -0.05) is 0 Å². The summed E-state index contributed by atoms with van der Waals surface area (Å²) in [5.41, 5.74) is -0.519. The number of rotatable bonds is 6.